The molecule has 3 aromatic rings. The number of rotatable bonds is 5. The third kappa shape index (κ3) is 3.89. The van der Waals surface area contributed by atoms with Gasteiger partial charge in [0.1, 0.15) is 17.8 Å². The molecule has 2 heterocycles. The summed E-state index contributed by atoms with van der Waals surface area (Å²) in [6.07, 6.45) is 6.54. The second-order valence-corrected chi connectivity index (χ2v) is 8.29. The minimum absolute atomic E-state index is 0.0769. The van der Waals surface area contributed by atoms with Gasteiger partial charge in [-0.25, -0.2) is 9.97 Å². The Kier molecular flexibility index (Phi) is 5.72. The summed E-state index contributed by atoms with van der Waals surface area (Å²) in [5, 5.41) is 4.55. The number of fused-ring (bicyclic) bond motifs is 1. The van der Waals surface area contributed by atoms with Crippen LogP contribution in [0, 0.1) is 5.92 Å². The molecule has 1 aromatic carbocycles. The van der Waals surface area contributed by atoms with Crippen molar-refractivity contribution >= 4 is 40.1 Å². The lowest BCUT2D eigenvalue weighted by atomic mass is 9.85. The topological polar surface area (TPSA) is 91.0 Å². The standard InChI is InChI=1S/C22H24ClN5O2/c1-28(2)22(30)13-7-9-14(10-8-13)27-21-18-16(11-24-20(18)25-12-26-21)19(29)15-5-3-4-6-17(15)23/h3-6,11-14H,7-10H2,1-2H3,(H2,24,25,26,27). The molecule has 1 amide bonds. The van der Waals surface area contributed by atoms with Crippen LogP contribution in [0.15, 0.2) is 36.8 Å². The highest BCUT2D eigenvalue weighted by Gasteiger charge is 2.28. The predicted octanol–water partition coefficient (Wildman–Crippen LogP) is 3.90. The molecule has 30 heavy (non-hydrogen) atoms. The third-order valence-corrected chi connectivity index (χ3v) is 6.02. The third-order valence-electron chi connectivity index (χ3n) is 5.69. The van der Waals surface area contributed by atoms with Crippen LogP contribution in [0.5, 0.6) is 0 Å². The van der Waals surface area contributed by atoms with Crippen molar-refractivity contribution in [3.05, 3.63) is 52.9 Å². The van der Waals surface area contributed by atoms with Gasteiger partial charge < -0.3 is 15.2 Å². The van der Waals surface area contributed by atoms with Gasteiger partial charge in [-0.2, -0.15) is 0 Å². The van der Waals surface area contributed by atoms with Crippen molar-refractivity contribution in [2.45, 2.75) is 31.7 Å². The molecule has 2 N–H and O–H groups in total. The molecule has 0 saturated heterocycles. The van der Waals surface area contributed by atoms with Gasteiger partial charge >= 0.3 is 0 Å². The van der Waals surface area contributed by atoms with Gasteiger partial charge in [0, 0.05) is 37.8 Å². The average Bonchev–Trinajstić information content (AvgIpc) is 3.19. The summed E-state index contributed by atoms with van der Waals surface area (Å²) >= 11 is 6.24. The molecule has 0 radical (unpaired) electrons. The summed E-state index contributed by atoms with van der Waals surface area (Å²) < 4.78 is 0. The van der Waals surface area contributed by atoms with Crippen LogP contribution in [-0.2, 0) is 4.79 Å². The number of H-pyrrole nitrogens is 1. The molecule has 0 aliphatic heterocycles. The zero-order valence-corrected chi connectivity index (χ0v) is 17.7. The Hall–Kier alpha value is -2.93. The molecule has 1 fully saturated rings. The molecule has 4 rings (SSSR count). The van der Waals surface area contributed by atoms with Gasteiger partial charge in [0.15, 0.2) is 5.78 Å². The van der Waals surface area contributed by atoms with Crippen LogP contribution in [-0.4, -0.2) is 51.7 Å². The van der Waals surface area contributed by atoms with Gasteiger partial charge in [0.05, 0.1) is 16.0 Å². The number of aromatic amines is 1. The lowest BCUT2D eigenvalue weighted by molar-refractivity contribution is -0.133. The van der Waals surface area contributed by atoms with Crippen molar-refractivity contribution in [1.29, 1.82) is 0 Å². The maximum atomic E-state index is 13.1. The predicted molar refractivity (Wildman–Crippen MR) is 117 cm³/mol. The number of anilines is 1. The number of aromatic nitrogens is 3. The molecular weight excluding hydrogens is 402 g/mol. The minimum Gasteiger partial charge on any atom is -0.367 e. The number of nitrogens with one attached hydrogen (secondary N) is 2. The second kappa shape index (κ2) is 8.44. The van der Waals surface area contributed by atoms with E-state index in [2.05, 4.69) is 20.3 Å². The summed E-state index contributed by atoms with van der Waals surface area (Å²) in [6, 6.07) is 7.18. The highest BCUT2D eigenvalue weighted by molar-refractivity contribution is 6.35. The zero-order valence-electron chi connectivity index (χ0n) is 17.0. The number of halogens is 1. The summed E-state index contributed by atoms with van der Waals surface area (Å²) in [7, 11) is 3.60. The number of benzene rings is 1. The van der Waals surface area contributed by atoms with Crippen molar-refractivity contribution in [2.24, 2.45) is 5.92 Å². The number of nitrogens with zero attached hydrogens (tertiary/aromatic N) is 3. The molecule has 1 saturated carbocycles. The normalized spacial score (nSPS) is 18.9. The van der Waals surface area contributed by atoms with Gasteiger partial charge in [0.2, 0.25) is 5.91 Å². The van der Waals surface area contributed by atoms with Crippen molar-refractivity contribution in [3.8, 4) is 0 Å². The zero-order chi connectivity index (χ0) is 21.3. The van der Waals surface area contributed by atoms with Crippen LogP contribution in [0.1, 0.15) is 41.6 Å². The Morgan fingerprint density at radius 3 is 2.53 bits per heavy atom. The van der Waals surface area contributed by atoms with Gasteiger partial charge in [-0.05, 0) is 37.8 Å². The molecule has 7 nitrogen and oxygen atoms in total. The maximum absolute atomic E-state index is 13.1. The van der Waals surface area contributed by atoms with E-state index in [1.807, 2.05) is 0 Å². The monoisotopic (exact) mass is 425 g/mol. The SMILES string of the molecule is CN(C)C(=O)C1CCC(Nc2ncnc3[nH]cc(C(=O)c4ccccc4Cl)c23)CC1. The number of carbonyl (C=O) groups excluding carboxylic acids is 2. The van der Waals surface area contributed by atoms with E-state index < -0.39 is 0 Å². The highest BCUT2D eigenvalue weighted by Crippen LogP contribution is 2.31. The number of hydrogen-bond donors (Lipinski definition) is 2. The molecule has 1 aliphatic carbocycles. The highest BCUT2D eigenvalue weighted by atomic mass is 35.5. The van der Waals surface area contributed by atoms with Crippen LogP contribution < -0.4 is 5.32 Å². The first-order valence-corrected chi connectivity index (χ1v) is 10.4. The van der Waals surface area contributed by atoms with Crippen molar-refractivity contribution in [2.75, 3.05) is 19.4 Å². The fourth-order valence-electron chi connectivity index (χ4n) is 4.08. The molecule has 0 unspecified atom stereocenters. The van der Waals surface area contributed by atoms with Gasteiger partial charge in [0.25, 0.3) is 0 Å². The van der Waals surface area contributed by atoms with Crippen LogP contribution in [0.25, 0.3) is 11.0 Å². The Morgan fingerprint density at radius 1 is 1.10 bits per heavy atom. The van der Waals surface area contributed by atoms with E-state index in [0.29, 0.717) is 33.0 Å². The molecular formula is C22H24ClN5O2. The molecule has 0 spiro atoms. The van der Waals surface area contributed by atoms with Crippen LogP contribution in [0.4, 0.5) is 5.82 Å². The Bertz CT molecular complexity index is 1090. The van der Waals surface area contributed by atoms with Crippen molar-refractivity contribution in [3.63, 3.8) is 0 Å². The number of ketones is 1. The van der Waals surface area contributed by atoms with E-state index in [1.165, 1.54) is 6.33 Å². The van der Waals surface area contributed by atoms with E-state index >= 15 is 0 Å². The van der Waals surface area contributed by atoms with Gasteiger partial charge in [-0.3, -0.25) is 9.59 Å². The van der Waals surface area contributed by atoms with E-state index in [-0.39, 0.29) is 23.7 Å². The molecule has 8 heteroatoms. The maximum Gasteiger partial charge on any atom is 0.225 e. The van der Waals surface area contributed by atoms with Gasteiger partial charge in [-0.1, -0.05) is 23.7 Å². The number of amides is 1. The first-order valence-electron chi connectivity index (χ1n) is 10.0. The number of carbonyl (C=O) groups is 2. The number of hydrogen-bond acceptors (Lipinski definition) is 5. The Labute approximate surface area is 179 Å². The van der Waals surface area contributed by atoms with E-state index in [4.69, 9.17) is 11.6 Å². The lowest BCUT2D eigenvalue weighted by Crippen LogP contribution is -2.35. The fourth-order valence-corrected chi connectivity index (χ4v) is 4.31. The summed E-state index contributed by atoms with van der Waals surface area (Å²) in [5.74, 6) is 0.716. The average molecular weight is 426 g/mol. The van der Waals surface area contributed by atoms with Crippen LogP contribution in [0.3, 0.4) is 0 Å². The summed E-state index contributed by atoms with van der Waals surface area (Å²) in [4.78, 5) is 38.8. The van der Waals surface area contributed by atoms with Crippen molar-refractivity contribution < 1.29 is 9.59 Å². The van der Waals surface area contributed by atoms with E-state index in [0.717, 1.165) is 25.7 Å². The molecule has 0 atom stereocenters. The van der Waals surface area contributed by atoms with Crippen LogP contribution >= 0.6 is 11.6 Å². The molecule has 1 aliphatic rings. The van der Waals surface area contributed by atoms with Crippen molar-refractivity contribution in [1.82, 2.24) is 19.9 Å². The Morgan fingerprint density at radius 2 is 1.83 bits per heavy atom. The second-order valence-electron chi connectivity index (χ2n) is 7.88. The first-order chi connectivity index (χ1) is 14.5. The molecule has 0 bridgehead atoms. The smallest absolute Gasteiger partial charge is 0.225 e. The molecule has 156 valence electrons. The van der Waals surface area contributed by atoms with E-state index in [9.17, 15) is 9.59 Å². The summed E-state index contributed by atoms with van der Waals surface area (Å²) in [5.41, 5.74) is 1.52. The largest absolute Gasteiger partial charge is 0.367 e. The van der Waals surface area contributed by atoms with Gasteiger partial charge in [-0.15, -0.1) is 0 Å². The fraction of sp³-hybridized carbons (Fsp3) is 0.364. The summed E-state index contributed by atoms with van der Waals surface area (Å²) in [6.45, 7) is 0. The first kappa shape index (κ1) is 20.3. The van der Waals surface area contributed by atoms with Crippen LogP contribution in [0.2, 0.25) is 5.02 Å². The molecule has 2 aromatic heterocycles. The minimum atomic E-state index is -0.176. The lowest BCUT2D eigenvalue weighted by Gasteiger charge is -2.30. The quantitative estimate of drug-likeness (QED) is 0.605. The Balaban J connectivity index is 1.58. The van der Waals surface area contributed by atoms with E-state index in [1.54, 1.807) is 49.5 Å².